The number of hydrogen-bond donors (Lipinski definition) is 0. The van der Waals surface area contributed by atoms with Gasteiger partial charge in [0.05, 0.1) is 10.9 Å². The zero-order chi connectivity index (χ0) is 19.7. The van der Waals surface area contributed by atoms with Crippen molar-refractivity contribution >= 4 is 16.9 Å². The Morgan fingerprint density at radius 1 is 0.929 bits per heavy atom. The number of esters is 1. The van der Waals surface area contributed by atoms with Gasteiger partial charge in [-0.05, 0) is 43.3 Å². The first-order valence-electron chi connectivity index (χ1n) is 8.63. The lowest BCUT2D eigenvalue weighted by Gasteiger charge is -2.11. The van der Waals surface area contributed by atoms with E-state index in [1.807, 2.05) is 19.1 Å². The second-order valence-electron chi connectivity index (χ2n) is 6.35. The molecule has 4 rings (SSSR count). The van der Waals surface area contributed by atoms with Crippen LogP contribution in [0.4, 0.5) is 4.39 Å². The Bertz CT molecular complexity index is 1220. The highest BCUT2D eigenvalue weighted by Gasteiger charge is 2.21. The van der Waals surface area contributed by atoms with E-state index in [1.54, 1.807) is 36.4 Å². The van der Waals surface area contributed by atoms with E-state index in [0.717, 1.165) is 17.7 Å². The monoisotopic (exact) mass is 374 g/mol. The van der Waals surface area contributed by atoms with E-state index in [9.17, 15) is 14.0 Å². The number of rotatable bonds is 3. The van der Waals surface area contributed by atoms with Crippen molar-refractivity contribution in [1.29, 1.82) is 0 Å². The summed E-state index contributed by atoms with van der Waals surface area (Å²) < 4.78 is 24.5. The van der Waals surface area contributed by atoms with Gasteiger partial charge in [0.1, 0.15) is 11.4 Å². The largest absolute Gasteiger partial charge is 0.452 e. The predicted molar refractivity (Wildman–Crippen MR) is 104 cm³/mol. The molecule has 0 bridgehead atoms. The molecule has 0 atom stereocenters. The molecule has 0 saturated carbocycles. The summed E-state index contributed by atoms with van der Waals surface area (Å²) in [7, 11) is 0. The molecule has 28 heavy (non-hydrogen) atoms. The van der Waals surface area contributed by atoms with Gasteiger partial charge in [0.2, 0.25) is 11.2 Å². The van der Waals surface area contributed by atoms with Crippen molar-refractivity contribution in [3.63, 3.8) is 0 Å². The molecule has 0 fully saturated rings. The molecule has 3 aromatic carbocycles. The number of fused-ring (bicyclic) bond motifs is 1. The SMILES string of the molecule is Cc1ccc(-c2oc3ccccc3c(=O)c2OC(=O)c2ccc(F)cc2)cc1. The van der Waals surface area contributed by atoms with Crippen LogP contribution in [0.1, 0.15) is 15.9 Å². The van der Waals surface area contributed by atoms with Gasteiger partial charge in [-0.3, -0.25) is 4.79 Å². The summed E-state index contributed by atoms with van der Waals surface area (Å²) in [6.07, 6.45) is 0. The quantitative estimate of drug-likeness (QED) is 0.467. The Labute approximate surface area is 159 Å². The van der Waals surface area contributed by atoms with Gasteiger partial charge in [0.15, 0.2) is 5.76 Å². The zero-order valence-corrected chi connectivity index (χ0v) is 14.9. The highest BCUT2D eigenvalue weighted by Crippen LogP contribution is 2.31. The number of para-hydroxylation sites is 1. The van der Waals surface area contributed by atoms with E-state index in [-0.39, 0.29) is 17.1 Å². The van der Waals surface area contributed by atoms with Gasteiger partial charge in [-0.25, -0.2) is 9.18 Å². The Morgan fingerprint density at radius 3 is 2.32 bits per heavy atom. The van der Waals surface area contributed by atoms with Crippen LogP contribution in [0.25, 0.3) is 22.3 Å². The van der Waals surface area contributed by atoms with Crippen LogP contribution >= 0.6 is 0 Å². The summed E-state index contributed by atoms with van der Waals surface area (Å²) >= 11 is 0. The minimum atomic E-state index is -0.768. The van der Waals surface area contributed by atoms with E-state index in [4.69, 9.17) is 9.15 Å². The fourth-order valence-corrected chi connectivity index (χ4v) is 2.85. The van der Waals surface area contributed by atoms with Crippen LogP contribution in [0.2, 0.25) is 0 Å². The van der Waals surface area contributed by atoms with Crippen molar-refractivity contribution in [3.8, 4) is 17.1 Å². The van der Waals surface area contributed by atoms with Crippen molar-refractivity contribution in [2.45, 2.75) is 6.92 Å². The highest BCUT2D eigenvalue weighted by molar-refractivity contribution is 5.92. The van der Waals surface area contributed by atoms with Crippen molar-refractivity contribution in [1.82, 2.24) is 0 Å². The smallest absolute Gasteiger partial charge is 0.343 e. The topological polar surface area (TPSA) is 56.5 Å². The molecule has 0 radical (unpaired) electrons. The summed E-state index contributed by atoms with van der Waals surface area (Å²) in [4.78, 5) is 25.5. The normalized spacial score (nSPS) is 10.8. The molecule has 5 heteroatoms. The standard InChI is InChI=1S/C23H15FO4/c1-14-6-8-15(9-7-14)21-22(20(25)18-4-2-3-5-19(18)27-21)28-23(26)16-10-12-17(24)13-11-16/h2-13H,1H3. The lowest BCUT2D eigenvalue weighted by molar-refractivity contribution is 0.0731. The summed E-state index contributed by atoms with van der Waals surface area (Å²) in [6, 6.07) is 19.0. The number of benzene rings is 3. The minimum Gasteiger partial charge on any atom is -0.452 e. The number of aryl methyl sites for hydroxylation is 1. The lowest BCUT2D eigenvalue weighted by atomic mass is 10.1. The van der Waals surface area contributed by atoms with Gasteiger partial charge in [-0.15, -0.1) is 0 Å². The molecule has 0 unspecified atom stereocenters. The van der Waals surface area contributed by atoms with Crippen molar-refractivity contribution in [2.24, 2.45) is 0 Å². The maximum absolute atomic E-state index is 13.1. The molecule has 0 amide bonds. The van der Waals surface area contributed by atoms with Crippen LogP contribution in [0.5, 0.6) is 5.75 Å². The van der Waals surface area contributed by atoms with Crippen LogP contribution in [0, 0.1) is 12.7 Å². The Morgan fingerprint density at radius 2 is 1.61 bits per heavy atom. The first-order chi connectivity index (χ1) is 13.5. The number of ether oxygens (including phenoxy) is 1. The fourth-order valence-electron chi connectivity index (χ4n) is 2.85. The molecular weight excluding hydrogens is 359 g/mol. The first kappa shape index (κ1) is 17.7. The Balaban J connectivity index is 1.87. The minimum absolute atomic E-state index is 0.129. The van der Waals surface area contributed by atoms with E-state index < -0.39 is 17.2 Å². The number of halogens is 1. The van der Waals surface area contributed by atoms with E-state index in [1.165, 1.54) is 12.1 Å². The molecule has 0 spiro atoms. The van der Waals surface area contributed by atoms with E-state index >= 15 is 0 Å². The summed E-state index contributed by atoms with van der Waals surface area (Å²) in [5.74, 6) is -1.27. The molecule has 4 nitrogen and oxygen atoms in total. The fraction of sp³-hybridized carbons (Fsp3) is 0.0435. The third kappa shape index (κ3) is 3.30. The number of hydrogen-bond acceptors (Lipinski definition) is 4. The third-order valence-electron chi connectivity index (χ3n) is 4.34. The maximum atomic E-state index is 13.1. The number of carbonyl (C=O) groups excluding carboxylic acids is 1. The second kappa shape index (κ2) is 7.12. The molecule has 0 saturated heterocycles. The average Bonchev–Trinajstić information content (AvgIpc) is 2.71. The lowest BCUT2D eigenvalue weighted by Crippen LogP contribution is -2.16. The first-order valence-corrected chi connectivity index (χ1v) is 8.63. The molecule has 0 N–H and O–H groups in total. The molecule has 0 aliphatic carbocycles. The summed E-state index contributed by atoms with van der Waals surface area (Å²) in [5.41, 5.74) is 1.72. The third-order valence-corrected chi connectivity index (χ3v) is 4.34. The molecular formula is C23H15FO4. The maximum Gasteiger partial charge on any atom is 0.343 e. The molecule has 0 aliphatic rings. The van der Waals surface area contributed by atoms with Gasteiger partial charge in [-0.1, -0.05) is 42.0 Å². The van der Waals surface area contributed by atoms with Crippen molar-refractivity contribution in [2.75, 3.05) is 0 Å². The summed E-state index contributed by atoms with van der Waals surface area (Å²) in [5, 5.41) is 0.306. The van der Waals surface area contributed by atoms with E-state index in [0.29, 0.717) is 16.5 Å². The van der Waals surface area contributed by atoms with Gasteiger partial charge in [-0.2, -0.15) is 0 Å². The van der Waals surface area contributed by atoms with Crippen LogP contribution < -0.4 is 10.2 Å². The van der Waals surface area contributed by atoms with Gasteiger partial charge < -0.3 is 9.15 Å². The van der Waals surface area contributed by atoms with Crippen LogP contribution in [0.15, 0.2) is 82.0 Å². The van der Waals surface area contributed by atoms with E-state index in [2.05, 4.69) is 0 Å². The molecule has 1 aromatic heterocycles. The highest BCUT2D eigenvalue weighted by atomic mass is 19.1. The van der Waals surface area contributed by atoms with Crippen LogP contribution in [-0.4, -0.2) is 5.97 Å². The zero-order valence-electron chi connectivity index (χ0n) is 14.9. The van der Waals surface area contributed by atoms with Gasteiger partial charge >= 0.3 is 5.97 Å². The molecule has 1 heterocycles. The van der Waals surface area contributed by atoms with Gasteiger partial charge in [0.25, 0.3) is 0 Å². The predicted octanol–water partition coefficient (Wildman–Crippen LogP) is 5.13. The van der Waals surface area contributed by atoms with Crippen molar-refractivity contribution in [3.05, 3.63) is 100.0 Å². The Kier molecular flexibility index (Phi) is 4.49. The van der Waals surface area contributed by atoms with Crippen LogP contribution in [0.3, 0.4) is 0 Å². The summed E-state index contributed by atoms with van der Waals surface area (Å²) in [6.45, 7) is 1.94. The Hall–Kier alpha value is -3.73. The molecule has 138 valence electrons. The average molecular weight is 374 g/mol. The van der Waals surface area contributed by atoms with Crippen LogP contribution in [-0.2, 0) is 0 Å². The molecule has 4 aromatic rings. The van der Waals surface area contributed by atoms with Crippen molar-refractivity contribution < 1.29 is 18.3 Å². The second-order valence-corrected chi connectivity index (χ2v) is 6.35. The van der Waals surface area contributed by atoms with Gasteiger partial charge in [0, 0.05) is 5.56 Å². The molecule has 0 aliphatic heterocycles. The number of carbonyl (C=O) groups is 1.